The summed E-state index contributed by atoms with van der Waals surface area (Å²) in [5, 5.41) is 7.16. The molecule has 0 radical (unpaired) electrons. The lowest BCUT2D eigenvalue weighted by molar-refractivity contribution is 0.669. The average molecular weight is 779 g/mol. The molecule has 0 fully saturated rings. The molecule has 2 heterocycles. The van der Waals surface area contributed by atoms with Gasteiger partial charge in [0.15, 0.2) is 0 Å². The van der Waals surface area contributed by atoms with Crippen molar-refractivity contribution in [2.75, 3.05) is 4.90 Å². The van der Waals surface area contributed by atoms with Gasteiger partial charge in [0.2, 0.25) is 0 Å². The molecule has 0 aliphatic carbocycles. The molecule has 0 unspecified atom stereocenters. The van der Waals surface area contributed by atoms with E-state index in [2.05, 4.69) is 234 Å². The van der Waals surface area contributed by atoms with Gasteiger partial charge < -0.3 is 13.9 Å². The normalized spacial score (nSPS) is 11.6. The first kappa shape index (κ1) is 34.9. The molecule has 0 atom stereocenters. The van der Waals surface area contributed by atoms with Crippen LogP contribution in [0.5, 0.6) is 0 Å². The van der Waals surface area contributed by atoms with E-state index in [0.29, 0.717) is 0 Å². The summed E-state index contributed by atoms with van der Waals surface area (Å²) < 4.78 is 8.79. The van der Waals surface area contributed by atoms with Gasteiger partial charge >= 0.3 is 0 Å². The zero-order valence-electron chi connectivity index (χ0n) is 33.2. The van der Waals surface area contributed by atoms with Gasteiger partial charge in [0, 0.05) is 33.2 Å². The van der Waals surface area contributed by atoms with Crippen LogP contribution in [-0.4, -0.2) is 4.57 Å². The molecular formula is C58H38N2O. The highest BCUT2D eigenvalue weighted by molar-refractivity contribution is 6.18. The number of fused-ring (bicyclic) bond motifs is 7. The molecule has 3 nitrogen and oxygen atoms in total. The maximum absolute atomic E-state index is 6.37. The molecule has 0 saturated carbocycles. The zero-order chi connectivity index (χ0) is 40.3. The number of aromatic nitrogens is 1. The quantitative estimate of drug-likeness (QED) is 0.161. The molecule has 3 heteroatoms. The molecule has 0 spiro atoms. The monoisotopic (exact) mass is 778 g/mol. The van der Waals surface area contributed by atoms with Crippen molar-refractivity contribution in [3.63, 3.8) is 0 Å². The minimum Gasteiger partial charge on any atom is -0.456 e. The highest BCUT2D eigenvalue weighted by Crippen LogP contribution is 2.44. The second-order valence-electron chi connectivity index (χ2n) is 15.7. The van der Waals surface area contributed by atoms with Crippen LogP contribution >= 0.6 is 0 Å². The summed E-state index contributed by atoms with van der Waals surface area (Å²) in [5.74, 6) is 0. The third kappa shape index (κ3) is 5.82. The standard InChI is InChI=1S/C58H38N2O/c1-2-14-39(15-3-1)40-30-34-44(35-31-40)59(45-36-32-42(33-37-45)48-23-11-17-41-16-4-5-20-47(41)48)46-19-10-18-43(38-46)49-24-12-26-53-57(49)50-21-6-8-25-52(50)60(53)54-27-13-29-56-58(54)51-22-7-9-28-55(51)61-56/h1-38H. The first-order valence-electron chi connectivity index (χ1n) is 20.8. The third-order valence-electron chi connectivity index (χ3n) is 12.2. The summed E-state index contributed by atoms with van der Waals surface area (Å²) in [6, 6.07) is 82.9. The van der Waals surface area contributed by atoms with Gasteiger partial charge in [0.25, 0.3) is 0 Å². The van der Waals surface area contributed by atoms with Gasteiger partial charge in [0.05, 0.1) is 22.1 Å². The summed E-state index contributed by atoms with van der Waals surface area (Å²) in [6.45, 7) is 0. The lowest BCUT2D eigenvalue weighted by Crippen LogP contribution is -2.10. The van der Waals surface area contributed by atoms with E-state index in [1.807, 2.05) is 6.07 Å². The Morgan fingerprint density at radius 1 is 0.328 bits per heavy atom. The first-order chi connectivity index (χ1) is 30.3. The minimum absolute atomic E-state index is 0.885. The topological polar surface area (TPSA) is 21.3 Å². The Labute approximate surface area is 353 Å². The summed E-state index contributed by atoms with van der Waals surface area (Å²) in [4.78, 5) is 2.37. The van der Waals surface area contributed by atoms with Crippen LogP contribution in [0.15, 0.2) is 235 Å². The predicted octanol–water partition coefficient (Wildman–Crippen LogP) is 16.3. The Hall–Kier alpha value is -8.14. The van der Waals surface area contributed by atoms with Gasteiger partial charge in [0.1, 0.15) is 11.2 Å². The third-order valence-corrected chi connectivity index (χ3v) is 12.2. The van der Waals surface area contributed by atoms with E-state index >= 15 is 0 Å². The maximum atomic E-state index is 6.37. The molecule has 10 aromatic carbocycles. The molecule has 2 aromatic heterocycles. The van der Waals surface area contributed by atoms with Crippen molar-refractivity contribution < 1.29 is 4.42 Å². The highest BCUT2D eigenvalue weighted by atomic mass is 16.3. The fourth-order valence-corrected chi connectivity index (χ4v) is 9.42. The Morgan fingerprint density at radius 3 is 1.74 bits per heavy atom. The summed E-state index contributed by atoms with van der Waals surface area (Å²) in [7, 11) is 0. The summed E-state index contributed by atoms with van der Waals surface area (Å²) in [5.41, 5.74) is 15.6. The van der Waals surface area contributed by atoms with Gasteiger partial charge in [-0.2, -0.15) is 0 Å². The largest absolute Gasteiger partial charge is 0.456 e. The van der Waals surface area contributed by atoms with Crippen molar-refractivity contribution >= 4 is 71.6 Å². The Bertz CT molecular complexity index is 3570. The van der Waals surface area contributed by atoms with Gasteiger partial charge in [-0.3, -0.25) is 0 Å². The molecule has 61 heavy (non-hydrogen) atoms. The van der Waals surface area contributed by atoms with E-state index in [9.17, 15) is 0 Å². The Kier molecular flexibility index (Phi) is 8.17. The van der Waals surface area contributed by atoms with E-state index in [0.717, 1.165) is 61.3 Å². The van der Waals surface area contributed by atoms with E-state index in [-0.39, 0.29) is 0 Å². The van der Waals surface area contributed by atoms with Crippen molar-refractivity contribution in [1.82, 2.24) is 4.57 Å². The number of hydrogen-bond acceptors (Lipinski definition) is 2. The molecule has 0 bridgehead atoms. The fraction of sp³-hybridized carbons (Fsp3) is 0. The lowest BCUT2D eigenvalue weighted by atomic mass is 9.97. The second-order valence-corrected chi connectivity index (χ2v) is 15.7. The van der Waals surface area contributed by atoms with Crippen molar-refractivity contribution in [2.24, 2.45) is 0 Å². The number of nitrogens with zero attached hydrogens (tertiary/aromatic N) is 2. The molecular weight excluding hydrogens is 741 g/mol. The van der Waals surface area contributed by atoms with Crippen molar-refractivity contribution in [2.45, 2.75) is 0 Å². The van der Waals surface area contributed by atoms with E-state index in [1.54, 1.807) is 0 Å². The Balaban J connectivity index is 1.02. The van der Waals surface area contributed by atoms with Crippen molar-refractivity contribution in [3.05, 3.63) is 231 Å². The van der Waals surface area contributed by atoms with Crippen LogP contribution in [0.3, 0.4) is 0 Å². The van der Waals surface area contributed by atoms with Crippen molar-refractivity contribution in [3.8, 4) is 39.1 Å². The number of rotatable bonds is 7. The number of para-hydroxylation sites is 2. The van der Waals surface area contributed by atoms with Crippen LogP contribution in [-0.2, 0) is 0 Å². The Morgan fingerprint density at radius 2 is 0.902 bits per heavy atom. The molecule has 12 aromatic rings. The maximum Gasteiger partial charge on any atom is 0.137 e. The SMILES string of the molecule is c1ccc(-c2ccc(N(c3ccc(-c4cccc5ccccc45)cc3)c3cccc(-c4cccc5c4c4ccccc4n5-c4cccc5oc6ccccc6c45)c3)cc2)cc1. The fourth-order valence-electron chi connectivity index (χ4n) is 9.42. The van der Waals surface area contributed by atoms with E-state index in [1.165, 1.54) is 49.4 Å². The molecule has 286 valence electrons. The predicted molar refractivity (Wildman–Crippen MR) is 257 cm³/mol. The highest BCUT2D eigenvalue weighted by Gasteiger charge is 2.21. The minimum atomic E-state index is 0.885. The zero-order valence-corrected chi connectivity index (χ0v) is 33.2. The molecule has 0 N–H and O–H groups in total. The molecule has 0 saturated heterocycles. The first-order valence-corrected chi connectivity index (χ1v) is 20.8. The van der Waals surface area contributed by atoms with Gasteiger partial charge in [-0.25, -0.2) is 0 Å². The van der Waals surface area contributed by atoms with Gasteiger partial charge in [-0.05, 0) is 111 Å². The van der Waals surface area contributed by atoms with Crippen LogP contribution in [0.1, 0.15) is 0 Å². The van der Waals surface area contributed by atoms with Crippen LogP contribution in [0.25, 0.3) is 93.6 Å². The van der Waals surface area contributed by atoms with E-state index in [4.69, 9.17) is 4.42 Å². The van der Waals surface area contributed by atoms with Crippen LogP contribution < -0.4 is 4.90 Å². The van der Waals surface area contributed by atoms with Gasteiger partial charge in [-0.1, -0.05) is 164 Å². The second kappa shape index (κ2) is 14.3. The smallest absolute Gasteiger partial charge is 0.137 e. The van der Waals surface area contributed by atoms with Crippen LogP contribution in [0.4, 0.5) is 17.1 Å². The number of anilines is 3. The van der Waals surface area contributed by atoms with Crippen molar-refractivity contribution in [1.29, 1.82) is 0 Å². The number of benzene rings is 10. The lowest BCUT2D eigenvalue weighted by Gasteiger charge is -2.26. The summed E-state index contributed by atoms with van der Waals surface area (Å²) in [6.07, 6.45) is 0. The van der Waals surface area contributed by atoms with E-state index < -0.39 is 0 Å². The molecule has 12 rings (SSSR count). The molecule has 0 amide bonds. The van der Waals surface area contributed by atoms with Crippen LogP contribution in [0, 0.1) is 0 Å². The summed E-state index contributed by atoms with van der Waals surface area (Å²) >= 11 is 0. The van der Waals surface area contributed by atoms with Crippen LogP contribution in [0.2, 0.25) is 0 Å². The average Bonchev–Trinajstić information content (AvgIpc) is 3.89. The van der Waals surface area contributed by atoms with Gasteiger partial charge in [-0.15, -0.1) is 0 Å². The number of hydrogen-bond donors (Lipinski definition) is 0. The number of furan rings is 1. The molecule has 0 aliphatic rings. The molecule has 0 aliphatic heterocycles.